The fourth-order valence-electron chi connectivity index (χ4n) is 2.35. The minimum absolute atomic E-state index is 0.0286. The van der Waals surface area contributed by atoms with Gasteiger partial charge < -0.3 is 29.6 Å². The summed E-state index contributed by atoms with van der Waals surface area (Å²) in [6.45, 7) is 0.442. The van der Waals surface area contributed by atoms with E-state index in [2.05, 4.69) is 5.29 Å². The van der Waals surface area contributed by atoms with E-state index < -0.39 is 32.7 Å². The highest BCUT2D eigenvalue weighted by Crippen LogP contribution is 2.68. The van der Waals surface area contributed by atoms with Gasteiger partial charge in [-0.05, 0) is 0 Å². The molecular weight excluding hydrogens is 418 g/mol. The van der Waals surface area contributed by atoms with Crippen LogP contribution >= 0.6 is 26.8 Å². The topological polar surface area (TPSA) is 192 Å². The fourth-order valence-corrected chi connectivity index (χ4v) is 4.65. The maximum absolute atomic E-state index is 12.0. The molecular formula is C10H21ClN4O9P2. The quantitative estimate of drug-likeness (QED) is 0.140. The SMILES string of the molecule is O=NN(CCCl)C(=O)N1CCN(CCC(O)(P(=O)(O)O)P(=O)(O)O)CC1. The van der Waals surface area contributed by atoms with Gasteiger partial charge in [-0.1, -0.05) is 0 Å². The smallest absolute Gasteiger partial charge is 0.367 e. The second kappa shape index (κ2) is 9.05. The summed E-state index contributed by atoms with van der Waals surface area (Å²) in [5.41, 5.74) is 0. The van der Waals surface area contributed by atoms with E-state index >= 15 is 0 Å². The Balaban J connectivity index is 2.64. The molecule has 0 spiro atoms. The number of piperazine rings is 1. The molecule has 2 amide bonds. The van der Waals surface area contributed by atoms with Crippen molar-refractivity contribution in [3.8, 4) is 0 Å². The van der Waals surface area contributed by atoms with E-state index in [0.717, 1.165) is 0 Å². The molecule has 1 rings (SSSR count). The van der Waals surface area contributed by atoms with Crippen LogP contribution in [-0.2, 0) is 9.13 Å². The van der Waals surface area contributed by atoms with E-state index in [9.17, 15) is 23.9 Å². The number of amides is 2. The third-order valence-electron chi connectivity index (χ3n) is 3.95. The van der Waals surface area contributed by atoms with Crippen LogP contribution in [0.2, 0.25) is 0 Å². The van der Waals surface area contributed by atoms with E-state index in [0.29, 0.717) is 5.01 Å². The fraction of sp³-hybridized carbons (Fsp3) is 0.900. The Kier molecular flexibility index (Phi) is 8.15. The number of rotatable bonds is 8. The summed E-state index contributed by atoms with van der Waals surface area (Å²) >= 11 is 5.47. The van der Waals surface area contributed by atoms with Crippen molar-refractivity contribution < 1.29 is 38.6 Å². The zero-order valence-electron chi connectivity index (χ0n) is 13.6. The van der Waals surface area contributed by atoms with Crippen LogP contribution in [-0.4, -0.2) is 95.8 Å². The predicted molar refractivity (Wildman–Crippen MR) is 90.3 cm³/mol. The summed E-state index contributed by atoms with van der Waals surface area (Å²) in [4.78, 5) is 61.9. The number of halogens is 1. The monoisotopic (exact) mass is 438 g/mol. The van der Waals surface area contributed by atoms with Crippen LogP contribution in [0.5, 0.6) is 0 Å². The average Bonchev–Trinajstić information content (AvgIpc) is 2.55. The van der Waals surface area contributed by atoms with E-state index in [1.54, 1.807) is 4.90 Å². The third kappa shape index (κ3) is 5.44. The molecule has 0 aromatic carbocycles. The van der Waals surface area contributed by atoms with Crippen molar-refractivity contribution in [2.75, 3.05) is 45.1 Å². The van der Waals surface area contributed by atoms with Crippen molar-refractivity contribution >= 4 is 32.8 Å². The maximum Gasteiger partial charge on any atom is 0.369 e. The summed E-state index contributed by atoms with van der Waals surface area (Å²) in [7, 11) is -11.0. The largest absolute Gasteiger partial charge is 0.369 e. The summed E-state index contributed by atoms with van der Waals surface area (Å²) < 4.78 is 22.6. The van der Waals surface area contributed by atoms with Crippen molar-refractivity contribution in [2.45, 2.75) is 11.5 Å². The first-order valence-electron chi connectivity index (χ1n) is 7.39. The van der Waals surface area contributed by atoms with Crippen molar-refractivity contribution in [1.82, 2.24) is 14.8 Å². The van der Waals surface area contributed by atoms with Crippen LogP contribution < -0.4 is 0 Å². The standard InChI is InChI=1S/C10H21ClN4O9P2/c11-2-4-15(12-18)9(16)14-7-5-13(6-8-14)3-1-10(17,25(19,20)21)26(22,23)24/h17H,1-8H2,(H2,19,20,21)(H2,22,23,24). The molecule has 0 unspecified atom stereocenters. The Morgan fingerprint density at radius 2 is 1.62 bits per heavy atom. The Labute approximate surface area is 153 Å². The summed E-state index contributed by atoms with van der Waals surface area (Å²) in [6.07, 6.45) is -0.857. The lowest BCUT2D eigenvalue weighted by Crippen LogP contribution is -2.52. The van der Waals surface area contributed by atoms with E-state index in [1.165, 1.54) is 4.90 Å². The van der Waals surface area contributed by atoms with Crippen LogP contribution in [0.1, 0.15) is 6.42 Å². The lowest BCUT2D eigenvalue weighted by molar-refractivity contribution is 0.0868. The van der Waals surface area contributed by atoms with Gasteiger partial charge in [0.1, 0.15) is 0 Å². The molecule has 0 aromatic rings. The lowest BCUT2D eigenvalue weighted by Gasteiger charge is -2.37. The number of hydrogen-bond acceptors (Lipinski definition) is 7. The Bertz CT molecular complexity index is 581. The molecule has 1 fully saturated rings. The van der Waals surface area contributed by atoms with Crippen molar-refractivity contribution in [3.63, 3.8) is 0 Å². The van der Waals surface area contributed by atoms with Gasteiger partial charge in [0, 0.05) is 45.0 Å². The number of nitrogens with zero attached hydrogens (tertiary/aromatic N) is 4. The Morgan fingerprint density at radius 1 is 1.12 bits per heavy atom. The minimum Gasteiger partial charge on any atom is -0.367 e. The molecule has 152 valence electrons. The highest BCUT2D eigenvalue weighted by molar-refractivity contribution is 7.72. The van der Waals surface area contributed by atoms with Gasteiger partial charge in [0.15, 0.2) is 0 Å². The van der Waals surface area contributed by atoms with Crippen LogP contribution in [0, 0.1) is 4.91 Å². The minimum atomic E-state index is -5.49. The third-order valence-corrected chi connectivity index (χ3v) is 8.00. The van der Waals surface area contributed by atoms with Crippen LogP contribution in [0.4, 0.5) is 4.79 Å². The normalized spacial score (nSPS) is 17.2. The number of hydrogen-bond donors (Lipinski definition) is 5. The molecule has 0 saturated carbocycles. The molecule has 16 heteroatoms. The Morgan fingerprint density at radius 3 is 2.00 bits per heavy atom. The second-order valence-electron chi connectivity index (χ2n) is 5.62. The number of carbonyl (C=O) groups excluding carboxylic acids is 1. The van der Waals surface area contributed by atoms with Crippen molar-refractivity contribution in [3.05, 3.63) is 4.91 Å². The first-order chi connectivity index (χ1) is 11.9. The number of urea groups is 1. The number of alkyl halides is 1. The number of carbonyl (C=O) groups is 1. The van der Waals surface area contributed by atoms with Gasteiger partial charge in [-0.2, -0.15) is 5.01 Å². The van der Waals surface area contributed by atoms with Gasteiger partial charge in [0.2, 0.25) is 0 Å². The second-order valence-corrected chi connectivity index (χ2v) is 10.0. The van der Waals surface area contributed by atoms with E-state index in [1.807, 2.05) is 0 Å². The first kappa shape index (κ1) is 23.4. The highest BCUT2D eigenvalue weighted by atomic mass is 35.5. The van der Waals surface area contributed by atoms with E-state index in [4.69, 9.17) is 31.2 Å². The summed E-state index contributed by atoms with van der Waals surface area (Å²) in [5, 5.41) is 9.62. The van der Waals surface area contributed by atoms with Crippen molar-refractivity contribution in [1.29, 1.82) is 0 Å². The Hall–Kier alpha value is -0.620. The molecule has 5 N–H and O–H groups in total. The van der Waals surface area contributed by atoms with Gasteiger partial charge >= 0.3 is 21.2 Å². The zero-order chi connectivity index (χ0) is 20.2. The number of aliphatic hydroxyl groups is 1. The summed E-state index contributed by atoms with van der Waals surface area (Å²) in [5.74, 6) is 0.0286. The molecule has 0 radical (unpaired) electrons. The predicted octanol–water partition coefficient (Wildman–Crippen LogP) is -0.662. The van der Waals surface area contributed by atoms with Gasteiger partial charge in [-0.3, -0.25) is 14.0 Å². The molecule has 1 aliphatic rings. The highest BCUT2D eigenvalue weighted by Gasteiger charge is 2.59. The van der Waals surface area contributed by atoms with E-state index in [-0.39, 0.29) is 45.1 Å². The maximum atomic E-state index is 12.0. The molecule has 0 atom stereocenters. The zero-order valence-corrected chi connectivity index (χ0v) is 16.1. The van der Waals surface area contributed by atoms with Gasteiger partial charge in [-0.15, -0.1) is 16.5 Å². The molecule has 1 saturated heterocycles. The molecule has 0 bridgehead atoms. The molecule has 0 aromatic heterocycles. The molecule has 0 aliphatic carbocycles. The molecule has 1 aliphatic heterocycles. The van der Waals surface area contributed by atoms with Crippen LogP contribution in [0.15, 0.2) is 5.29 Å². The first-order valence-corrected chi connectivity index (χ1v) is 11.1. The van der Waals surface area contributed by atoms with Crippen LogP contribution in [0.3, 0.4) is 0 Å². The van der Waals surface area contributed by atoms with Crippen molar-refractivity contribution in [2.24, 2.45) is 5.29 Å². The molecule has 13 nitrogen and oxygen atoms in total. The average molecular weight is 439 g/mol. The molecule has 26 heavy (non-hydrogen) atoms. The van der Waals surface area contributed by atoms with Gasteiger partial charge in [0.05, 0.1) is 11.8 Å². The number of nitroso groups, excluding NO2 is 1. The molecule has 1 heterocycles. The van der Waals surface area contributed by atoms with Gasteiger partial charge in [-0.25, -0.2) is 4.79 Å². The van der Waals surface area contributed by atoms with Crippen LogP contribution in [0.25, 0.3) is 0 Å². The summed E-state index contributed by atoms with van der Waals surface area (Å²) in [6, 6.07) is -0.637. The lowest BCUT2D eigenvalue weighted by atomic mass is 10.3. The van der Waals surface area contributed by atoms with Gasteiger partial charge in [0.25, 0.3) is 5.08 Å².